The lowest BCUT2D eigenvalue weighted by Gasteiger charge is -2.28. The number of halogens is 3. The monoisotopic (exact) mass is 361 g/mol. The number of amidine groups is 1. The van der Waals surface area contributed by atoms with E-state index in [9.17, 15) is 13.2 Å². The third kappa shape index (κ3) is 3.08. The Labute approximate surface area is 147 Å². The van der Waals surface area contributed by atoms with E-state index in [0.29, 0.717) is 22.4 Å². The molecule has 0 aliphatic carbocycles. The predicted octanol–water partition coefficient (Wildman–Crippen LogP) is 2.15. The molecule has 3 N–H and O–H groups in total. The van der Waals surface area contributed by atoms with E-state index in [-0.39, 0.29) is 6.54 Å². The number of aryl methyl sites for hydroxylation is 1. The average molecular weight is 361 g/mol. The maximum Gasteiger partial charge on any atom is 0.438 e. The van der Waals surface area contributed by atoms with Crippen LogP contribution in [0.1, 0.15) is 5.69 Å². The summed E-state index contributed by atoms with van der Waals surface area (Å²) in [6, 6.07) is 11.2. The third-order valence-corrected chi connectivity index (χ3v) is 4.09. The number of benzene rings is 1. The normalized spacial score (nSPS) is 19.6. The lowest BCUT2D eigenvalue weighted by molar-refractivity contribution is -0.698. The standard InChI is InChI=1S/C17H15F3N6/c1-11-7-14(24-23-11)22-16-10-25(12-5-3-2-4-6-12)9-15-21-13(8-26(15)16)17(18,19)20/h2-8,10H,9H2,1H3,(H2,22,23,24)/p+1. The van der Waals surface area contributed by atoms with Gasteiger partial charge in [0.15, 0.2) is 5.82 Å². The van der Waals surface area contributed by atoms with E-state index in [1.54, 1.807) is 12.3 Å². The van der Waals surface area contributed by atoms with Gasteiger partial charge in [-0.1, -0.05) is 18.2 Å². The van der Waals surface area contributed by atoms with E-state index >= 15 is 0 Å². The summed E-state index contributed by atoms with van der Waals surface area (Å²) in [6.07, 6.45) is -1.62. The molecule has 0 saturated carbocycles. The van der Waals surface area contributed by atoms with Crippen molar-refractivity contribution in [1.82, 2.24) is 10.2 Å². The minimum Gasteiger partial charge on any atom is -0.329 e. The average Bonchev–Trinajstić information content (AvgIpc) is 3.21. The van der Waals surface area contributed by atoms with E-state index in [1.165, 1.54) is 0 Å². The van der Waals surface area contributed by atoms with E-state index in [1.807, 2.05) is 42.2 Å². The molecule has 2 aliphatic rings. The van der Waals surface area contributed by atoms with Gasteiger partial charge < -0.3 is 4.90 Å². The zero-order valence-electron chi connectivity index (χ0n) is 13.8. The summed E-state index contributed by atoms with van der Waals surface area (Å²) in [5.74, 6) is 1.42. The van der Waals surface area contributed by atoms with Crippen molar-refractivity contribution in [1.29, 1.82) is 0 Å². The van der Waals surface area contributed by atoms with Gasteiger partial charge in [0, 0.05) is 17.4 Å². The van der Waals surface area contributed by atoms with Crippen molar-refractivity contribution >= 4 is 17.3 Å². The van der Waals surface area contributed by atoms with Crippen LogP contribution in [-0.4, -0.2) is 28.8 Å². The molecule has 0 amide bonds. The van der Waals surface area contributed by atoms with Crippen molar-refractivity contribution < 1.29 is 18.1 Å². The molecule has 0 saturated heterocycles. The van der Waals surface area contributed by atoms with Crippen LogP contribution in [0.25, 0.3) is 0 Å². The number of hydrogen-bond donors (Lipinski definition) is 3. The first-order valence-corrected chi connectivity index (χ1v) is 7.97. The maximum absolute atomic E-state index is 13.1. The van der Waals surface area contributed by atoms with Gasteiger partial charge in [-0.15, -0.1) is 0 Å². The topological polar surface area (TPSA) is 60.8 Å². The minimum absolute atomic E-state index is 0.264. The number of para-hydroxylation sites is 1. The van der Waals surface area contributed by atoms with E-state index < -0.39 is 11.9 Å². The van der Waals surface area contributed by atoms with Crippen LogP contribution in [0.5, 0.6) is 0 Å². The minimum atomic E-state index is -4.48. The summed E-state index contributed by atoms with van der Waals surface area (Å²) in [6.45, 7) is 2.11. The molecule has 2 aromatic rings. The number of hydrogen-bond acceptors (Lipinski definition) is 4. The Balaban J connectivity index is 1.72. The number of rotatable bonds is 3. The predicted molar refractivity (Wildman–Crippen MR) is 91.4 cm³/mol. The van der Waals surface area contributed by atoms with Crippen LogP contribution in [0.2, 0.25) is 0 Å². The number of nitrogens with one attached hydrogen (secondary N) is 3. The van der Waals surface area contributed by atoms with Crippen molar-refractivity contribution in [2.75, 3.05) is 16.8 Å². The van der Waals surface area contributed by atoms with Crippen molar-refractivity contribution in [3.63, 3.8) is 0 Å². The summed E-state index contributed by atoms with van der Waals surface area (Å²) in [4.78, 5) is 6.11. The Bertz CT molecular complexity index is 910. The van der Waals surface area contributed by atoms with Gasteiger partial charge >= 0.3 is 6.18 Å². The first-order valence-electron chi connectivity index (χ1n) is 7.97. The summed E-state index contributed by atoms with van der Waals surface area (Å²) >= 11 is 0. The van der Waals surface area contributed by atoms with Crippen LogP contribution < -0.4 is 15.1 Å². The molecule has 0 radical (unpaired) electrons. The Morgan fingerprint density at radius 3 is 2.65 bits per heavy atom. The van der Waals surface area contributed by atoms with Crippen LogP contribution >= 0.6 is 0 Å². The highest BCUT2D eigenvalue weighted by molar-refractivity contribution is 5.85. The molecule has 3 heterocycles. The number of quaternary nitrogens is 1. The summed E-state index contributed by atoms with van der Waals surface area (Å²) < 4.78 is 39.4. The van der Waals surface area contributed by atoms with Gasteiger partial charge in [-0.05, 0) is 19.1 Å². The first-order chi connectivity index (χ1) is 12.4. The van der Waals surface area contributed by atoms with E-state index in [4.69, 9.17) is 0 Å². The zero-order chi connectivity index (χ0) is 18.3. The quantitative estimate of drug-likeness (QED) is 0.785. The smallest absolute Gasteiger partial charge is 0.329 e. The van der Waals surface area contributed by atoms with Crippen molar-refractivity contribution in [2.24, 2.45) is 4.99 Å². The maximum atomic E-state index is 13.1. The molecule has 0 spiro atoms. The fourth-order valence-corrected chi connectivity index (χ4v) is 2.89. The molecule has 1 atom stereocenters. The fraction of sp³-hybridized carbons (Fsp3) is 0.176. The Kier molecular flexibility index (Phi) is 3.80. The van der Waals surface area contributed by atoms with Gasteiger partial charge in [0.2, 0.25) is 17.4 Å². The van der Waals surface area contributed by atoms with Crippen LogP contribution in [0.4, 0.5) is 24.7 Å². The number of alkyl halides is 3. The van der Waals surface area contributed by atoms with Crippen LogP contribution in [0.15, 0.2) is 65.3 Å². The number of aromatic nitrogens is 2. The number of H-pyrrole nitrogens is 1. The third-order valence-electron chi connectivity index (χ3n) is 4.09. The largest absolute Gasteiger partial charge is 0.438 e. The highest BCUT2D eigenvalue weighted by atomic mass is 19.4. The fourth-order valence-electron chi connectivity index (χ4n) is 2.89. The van der Waals surface area contributed by atoms with Crippen molar-refractivity contribution in [3.05, 3.63) is 66.0 Å². The van der Waals surface area contributed by atoms with Gasteiger partial charge in [0.25, 0.3) is 0 Å². The molecule has 1 aromatic carbocycles. The molecule has 1 aromatic heterocycles. The summed E-state index contributed by atoms with van der Waals surface area (Å²) in [7, 11) is 0. The first kappa shape index (κ1) is 16.4. The Morgan fingerprint density at radius 2 is 2.00 bits per heavy atom. The van der Waals surface area contributed by atoms with Crippen LogP contribution in [0, 0.1) is 6.92 Å². The second kappa shape index (κ2) is 6.03. The SMILES string of the molecule is Cc1cc(NC2=CN(c3ccccc3)CC3=NC(C(F)(F)F)=C[NH+]23)n[nH]1. The molecular formula is C17H16F3N6+. The number of aliphatic imine (C=N–C) groups is 1. The highest BCUT2D eigenvalue weighted by Crippen LogP contribution is 2.28. The Morgan fingerprint density at radius 1 is 1.23 bits per heavy atom. The van der Waals surface area contributed by atoms with Crippen LogP contribution in [-0.2, 0) is 0 Å². The number of fused-ring (bicyclic) bond motifs is 1. The van der Waals surface area contributed by atoms with Gasteiger partial charge in [-0.2, -0.15) is 23.3 Å². The molecule has 0 bridgehead atoms. The molecule has 134 valence electrons. The Hall–Kier alpha value is -3.07. The van der Waals surface area contributed by atoms with Gasteiger partial charge in [0.1, 0.15) is 12.7 Å². The van der Waals surface area contributed by atoms with E-state index in [0.717, 1.165) is 17.6 Å². The number of anilines is 2. The molecule has 6 nitrogen and oxygen atoms in total. The molecule has 4 rings (SSSR count). The molecule has 0 fully saturated rings. The molecule has 2 aliphatic heterocycles. The van der Waals surface area contributed by atoms with Gasteiger partial charge in [-0.3, -0.25) is 10.4 Å². The van der Waals surface area contributed by atoms with Crippen molar-refractivity contribution in [3.8, 4) is 0 Å². The zero-order valence-corrected chi connectivity index (χ0v) is 13.8. The van der Waals surface area contributed by atoms with Crippen LogP contribution in [0.3, 0.4) is 0 Å². The number of allylic oxidation sites excluding steroid dienone is 1. The van der Waals surface area contributed by atoms with Crippen molar-refractivity contribution in [2.45, 2.75) is 13.1 Å². The highest BCUT2D eigenvalue weighted by Gasteiger charge is 2.44. The molecule has 9 heteroatoms. The second-order valence-electron chi connectivity index (χ2n) is 6.07. The lowest BCUT2D eigenvalue weighted by Crippen LogP contribution is -3.10. The molecular weight excluding hydrogens is 345 g/mol. The van der Waals surface area contributed by atoms with Gasteiger partial charge in [-0.25, -0.2) is 4.90 Å². The van der Waals surface area contributed by atoms with Gasteiger partial charge in [0.05, 0.1) is 6.20 Å². The second-order valence-corrected chi connectivity index (χ2v) is 6.07. The number of aromatic amines is 1. The lowest BCUT2D eigenvalue weighted by atomic mass is 10.2. The molecule has 1 unspecified atom stereocenters. The molecule has 26 heavy (non-hydrogen) atoms. The number of nitrogens with zero attached hydrogens (tertiary/aromatic N) is 3. The summed E-state index contributed by atoms with van der Waals surface area (Å²) in [5, 5.41) is 10.00. The van der Waals surface area contributed by atoms with E-state index in [2.05, 4.69) is 20.5 Å². The summed E-state index contributed by atoms with van der Waals surface area (Å²) in [5.41, 5.74) is 0.830.